The van der Waals surface area contributed by atoms with Gasteiger partial charge in [-0.1, -0.05) is 12.1 Å². The fourth-order valence-electron chi connectivity index (χ4n) is 2.18. The minimum Gasteiger partial charge on any atom is -0.484 e. The lowest BCUT2D eigenvalue weighted by Gasteiger charge is -2.09. The Kier molecular flexibility index (Phi) is 7.42. The Morgan fingerprint density at radius 3 is 2.35 bits per heavy atom. The number of ether oxygens (including phenoxy) is 1. The first-order chi connectivity index (χ1) is 12.6. The van der Waals surface area contributed by atoms with Crippen LogP contribution in [0.3, 0.4) is 0 Å². The van der Waals surface area contributed by atoms with Crippen molar-refractivity contribution in [3.63, 3.8) is 0 Å². The summed E-state index contributed by atoms with van der Waals surface area (Å²) >= 11 is 0. The first-order valence-electron chi connectivity index (χ1n) is 8.35. The molecule has 0 fully saturated rings. The smallest absolute Gasteiger partial charge is 0.319 e. The Hall–Kier alpha value is -3.09. The van der Waals surface area contributed by atoms with Gasteiger partial charge in [0.15, 0.2) is 6.61 Å². The number of halogens is 1. The Bertz CT molecular complexity index is 718. The normalized spacial score (nSPS) is 10.1. The van der Waals surface area contributed by atoms with E-state index in [1.165, 1.54) is 12.1 Å². The molecule has 0 heterocycles. The first-order valence-corrected chi connectivity index (χ1v) is 8.35. The van der Waals surface area contributed by atoms with Crippen LogP contribution >= 0.6 is 0 Å². The molecule has 3 amide bonds. The van der Waals surface area contributed by atoms with Gasteiger partial charge in [0.1, 0.15) is 11.6 Å². The molecule has 7 heteroatoms. The van der Waals surface area contributed by atoms with E-state index < -0.39 is 0 Å². The third-order valence-corrected chi connectivity index (χ3v) is 3.47. The van der Waals surface area contributed by atoms with Crippen molar-refractivity contribution in [2.24, 2.45) is 0 Å². The van der Waals surface area contributed by atoms with Gasteiger partial charge < -0.3 is 20.7 Å². The van der Waals surface area contributed by atoms with E-state index >= 15 is 0 Å². The Balaban J connectivity index is 1.71. The van der Waals surface area contributed by atoms with Crippen molar-refractivity contribution in [3.8, 4) is 5.75 Å². The maximum absolute atomic E-state index is 12.8. The highest BCUT2D eigenvalue weighted by atomic mass is 19.1. The zero-order valence-corrected chi connectivity index (χ0v) is 14.5. The molecular weight excluding hydrogens is 337 g/mol. The highest BCUT2D eigenvalue weighted by Gasteiger charge is 2.04. The second kappa shape index (κ2) is 10.0. The average molecular weight is 359 g/mol. The Labute approximate surface area is 151 Å². The van der Waals surface area contributed by atoms with Crippen LogP contribution in [-0.4, -0.2) is 31.6 Å². The first kappa shape index (κ1) is 19.2. The van der Waals surface area contributed by atoms with Crippen molar-refractivity contribution in [3.05, 3.63) is 59.9 Å². The van der Waals surface area contributed by atoms with E-state index in [0.717, 1.165) is 5.56 Å². The van der Waals surface area contributed by atoms with E-state index in [0.29, 0.717) is 30.9 Å². The lowest BCUT2D eigenvalue weighted by atomic mass is 10.1. The Morgan fingerprint density at radius 1 is 1.00 bits per heavy atom. The van der Waals surface area contributed by atoms with Gasteiger partial charge in [0.2, 0.25) is 0 Å². The molecule has 3 N–H and O–H groups in total. The average Bonchev–Trinajstić information content (AvgIpc) is 2.63. The topological polar surface area (TPSA) is 79.5 Å². The molecular formula is C19H22FN3O3. The van der Waals surface area contributed by atoms with Gasteiger partial charge in [-0.3, -0.25) is 4.79 Å². The van der Waals surface area contributed by atoms with E-state index in [-0.39, 0.29) is 24.4 Å². The highest BCUT2D eigenvalue weighted by molar-refractivity contribution is 5.89. The Morgan fingerprint density at radius 2 is 1.69 bits per heavy atom. The molecule has 138 valence electrons. The van der Waals surface area contributed by atoms with Crippen LogP contribution in [0, 0.1) is 5.82 Å². The third kappa shape index (κ3) is 6.80. The quantitative estimate of drug-likeness (QED) is 0.678. The maximum Gasteiger partial charge on any atom is 0.319 e. The zero-order valence-electron chi connectivity index (χ0n) is 14.5. The SMILES string of the molecule is CCNC(=O)COc1ccc(NC(=O)NCCc2ccc(F)cc2)cc1. The van der Waals surface area contributed by atoms with Crippen LogP contribution in [-0.2, 0) is 11.2 Å². The van der Waals surface area contributed by atoms with Crippen LogP contribution in [0.5, 0.6) is 5.75 Å². The standard InChI is InChI=1S/C19H22FN3O3/c1-2-21-18(24)13-26-17-9-7-16(8-10-17)23-19(25)22-12-11-14-3-5-15(20)6-4-14/h3-10H,2,11-13H2,1H3,(H,21,24)(H2,22,23,25). The van der Waals surface area contributed by atoms with E-state index in [1.807, 2.05) is 6.92 Å². The minimum absolute atomic E-state index is 0.0511. The summed E-state index contributed by atoms with van der Waals surface area (Å²) in [6, 6.07) is 12.6. The second-order valence-electron chi connectivity index (χ2n) is 5.52. The van der Waals surface area contributed by atoms with Crippen LogP contribution in [0.2, 0.25) is 0 Å². The molecule has 0 aliphatic heterocycles. The summed E-state index contributed by atoms with van der Waals surface area (Å²) in [6.45, 7) is 2.78. The predicted molar refractivity (Wildman–Crippen MR) is 97.7 cm³/mol. The fraction of sp³-hybridized carbons (Fsp3) is 0.263. The number of rotatable bonds is 8. The van der Waals surface area contributed by atoms with Crippen molar-refractivity contribution in [1.82, 2.24) is 10.6 Å². The summed E-state index contributed by atoms with van der Waals surface area (Å²) in [6.07, 6.45) is 0.611. The monoisotopic (exact) mass is 359 g/mol. The molecule has 26 heavy (non-hydrogen) atoms. The number of hydrogen-bond acceptors (Lipinski definition) is 3. The number of carbonyl (C=O) groups excluding carboxylic acids is 2. The summed E-state index contributed by atoms with van der Waals surface area (Å²) in [5.74, 6) is 0.0756. The summed E-state index contributed by atoms with van der Waals surface area (Å²) in [5.41, 5.74) is 1.55. The van der Waals surface area contributed by atoms with Crippen molar-refractivity contribution >= 4 is 17.6 Å². The number of nitrogens with one attached hydrogen (secondary N) is 3. The molecule has 0 bridgehead atoms. The van der Waals surface area contributed by atoms with Crippen molar-refractivity contribution in [1.29, 1.82) is 0 Å². The van der Waals surface area contributed by atoms with Crippen LogP contribution in [0.1, 0.15) is 12.5 Å². The minimum atomic E-state index is -0.330. The van der Waals surface area contributed by atoms with Gasteiger partial charge in [-0.05, 0) is 55.3 Å². The van der Waals surface area contributed by atoms with Gasteiger partial charge in [-0.15, -0.1) is 0 Å². The molecule has 2 aromatic rings. The van der Waals surface area contributed by atoms with E-state index in [4.69, 9.17) is 4.74 Å². The second-order valence-corrected chi connectivity index (χ2v) is 5.52. The summed E-state index contributed by atoms with van der Waals surface area (Å²) in [5, 5.41) is 8.08. The molecule has 0 aliphatic rings. The van der Waals surface area contributed by atoms with Crippen molar-refractivity contribution < 1.29 is 18.7 Å². The number of amides is 3. The lowest BCUT2D eigenvalue weighted by molar-refractivity contribution is -0.122. The molecule has 0 radical (unpaired) electrons. The van der Waals surface area contributed by atoms with Crippen LogP contribution in [0.15, 0.2) is 48.5 Å². The van der Waals surface area contributed by atoms with Crippen LogP contribution in [0.25, 0.3) is 0 Å². The van der Waals surface area contributed by atoms with E-state index in [9.17, 15) is 14.0 Å². The van der Waals surface area contributed by atoms with Crippen LogP contribution < -0.4 is 20.7 Å². The summed E-state index contributed by atoms with van der Waals surface area (Å²) in [7, 11) is 0. The van der Waals surface area contributed by atoms with Gasteiger partial charge in [-0.2, -0.15) is 0 Å². The molecule has 0 saturated carbocycles. The number of anilines is 1. The zero-order chi connectivity index (χ0) is 18.8. The summed E-state index contributed by atoms with van der Waals surface area (Å²) < 4.78 is 18.2. The highest BCUT2D eigenvalue weighted by Crippen LogP contribution is 2.15. The molecule has 0 spiro atoms. The van der Waals surface area contributed by atoms with Gasteiger partial charge in [0.25, 0.3) is 5.91 Å². The molecule has 0 unspecified atom stereocenters. The fourth-order valence-corrected chi connectivity index (χ4v) is 2.18. The van der Waals surface area contributed by atoms with E-state index in [2.05, 4.69) is 16.0 Å². The lowest BCUT2D eigenvalue weighted by Crippen LogP contribution is -2.30. The molecule has 0 saturated heterocycles. The number of hydrogen-bond donors (Lipinski definition) is 3. The van der Waals surface area contributed by atoms with Gasteiger partial charge in [0.05, 0.1) is 0 Å². The number of carbonyl (C=O) groups is 2. The number of benzene rings is 2. The van der Waals surface area contributed by atoms with E-state index in [1.54, 1.807) is 36.4 Å². The largest absolute Gasteiger partial charge is 0.484 e. The molecule has 0 atom stereocenters. The third-order valence-electron chi connectivity index (χ3n) is 3.47. The molecule has 6 nitrogen and oxygen atoms in total. The molecule has 0 aromatic heterocycles. The maximum atomic E-state index is 12.8. The number of urea groups is 1. The number of likely N-dealkylation sites (N-methyl/N-ethyl adjacent to an activating group) is 1. The van der Waals surface area contributed by atoms with Crippen molar-refractivity contribution in [2.45, 2.75) is 13.3 Å². The van der Waals surface area contributed by atoms with Crippen LogP contribution in [0.4, 0.5) is 14.9 Å². The molecule has 0 aliphatic carbocycles. The van der Waals surface area contributed by atoms with Gasteiger partial charge >= 0.3 is 6.03 Å². The molecule has 2 rings (SSSR count). The summed E-state index contributed by atoms with van der Waals surface area (Å²) in [4.78, 5) is 23.2. The predicted octanol–water partition coefficient (Wildman–Crippen LogP) is 2.70. The van der Waals surface area contributed by atoms with Gasteiger partial charge in [-0.25, -0.2) is 9.18 Å². The van der Waals surface area contributed by atoms with Crippen molar-refractivity contribution in [2.75, 3.05) is 25.0 Å². The van der Waals surface area contributed by atoms with Gasteiger partial charge in [0, 0.05) is 18.8 Å². The molecule has 2 aromatic carbocycles.